The molecule has 3 rings (SSSR count). The van der Waals surface area contributed by atoms with Crippen molar-refractivity contribution in [3.05, 3.63) is 64.2 Å². The summed E-state index contributed by atoms with van der Waals surface area (Å²) >= 11 is 0. The Morgan fingerprint density at radius 1 is 0.870 bits per heavy atom. The largest absolute Gasteiger partial charge is 0.478 e. The molecule has 2 N–H and O–H groups in total. The molecule has 23 heavy (non-hydrogen) atoms. The number of carbonyl (C=O) groups excluding carboxylic acids is 2. The third-order valence-electron chi connectivity index (χ3n) is 3.55. The summed E-state index contributed by atoms with van der Waals surface area (Å²) in [4.78, 5) is 35.5. The van der Waals surface area contributed by atoms with Crippen LogP contribution >= 0.6 is 0 Å². The molecule has 0 spiro atoms. The Kier molecular flexibility index (Phi) is 3.17. The molecule has 1 aliphatic carbocycles. The predicted octanol–water partition coefficient (Wildman–Crippen LogP) is 1.41. The first-order chi connectivity index (χ1) is 10.7. The number of hydrogen-bond acceptors (Lipinski definition) is 5. The summed E-state index contributed by atoms with van der Waals surface area (Å²) < 4.78 is 31.9. The van der Waals surface area contributed by atoms with Gasteiger partial charge in [0.2, 0.25) is 0 Å². The van der Waals surface area contributed by atoms with E-state index in [1.54, 1.807) is 6.07 Å². The highest BCUT2D eigenvalue weighted by Crippen LogP contribution is 2.32. The lowest BCUT2D eigenvalue weighted by molar-refractivity contribution is 0.0688. The van der Waals surface area contributed by atoms with Gasteiger partial charge in [0.15, 0.2) is 11.6 Å². The van der Waals surface area contributed by atoms with Gasteiger partial charge in [0.05, 0.1) is 5.56 Å². The van der Waals surface area contributed by atoms with E-state index in [-0.39, 0.29) is 16.7 Å². The van der Waals surface area contributed by atoms with E-state index in [4.69, 9.17) is 0 Å². The number of aromatic carboxylic acids is 1. The van der Waals surface area contributed by atoms with Gasteiger partial charge in [-0.1, -0.05) is 24.3 Å². The van der Waals surface area contributed by atoms with Gasteiger partial charge in [0.25, 0.3) is 10.1 Å². The van der Waals surface area contributed by atoms with Crippen molar-refractivity contribution in [3.8, 4) is 0 Å². The van der Waals surface area contributed by atoms with E-state index in [0.29, 0.717) is 0 Å². The molecule has 2 aromatic rings. The van der Waals surface area contributed by atoms with Gasteiger partial charge in [0, 0.05) is 22.3 Å². The number of rotatable bonds is 2. The standard InChI is InChI=1S/C15H8O7S/c16-13-7-3-1-2-4-8(7)14(17)11-9(13)5-6-10(23(20,21)22)12(11)15(18)19/h1-6H,(H,18,19)(H,20,21,22). The first-order valence-electron chi connectivity index (χ1n) is 6.29. The van der Waals surface area contributed by atoms with Crippen LogP contribution in [0.2, 0.25) is 0 Å². The van der Waals surface area contributed by atoms with Crippen molar-refractivity contribution < 1.29 is 32.5 Å². The Labute approximate surface area is 129 Å². The molecule has 0 saturated carbocycles. The van der Waals surface area contributed by atoms with Gasteiger partial charge in [-0.15, -0.1) is 0 Å². The van der Waals surface area contributed by atoms with Gasteiger partial charge in [-0.3, -0.25) is 14.1 Å². The predicted molar refractivity (Wildman–Crippen MR) is 76.5 cm³/mol. The summed E-state index contributed by atoms with van der Waals surface area (Å²) in [5.41, 5.74) is -1.55. The van der Waals surface area contributed by atoms with Crippen LogP contribution in [0.1, 0.15) is 42.2 Å². The maximum Gasteiger partial charge on any atom is 0.337 e. The van der Waals surface area contributed by atoms with Gasteiger partial charge < -0.3 is 5.11 Å². The van der Waals surface area contributed by atoms with Crippen molar-refractivity contribution in [2.75, 3.05) is 0 Å². The van der Waals surface area contributed by atoms with E-state index in [0.717, 1.165) is 12.1 Å². The first-order valence-corrected chi connectivity index (χ1v) is 7.73. The highest BCUT2D eigenvalue weighted by Gasteiger charge is 2.36. The molecule has 0 saturated heterocycles. The average Bonchev–Trinajstić information content (AvgIpc) is 2.50. The van der Waals surface area contributed by atoms with E-state index in [2.05, 4.69) is 0 Å². The molecule has 2 aromatic carbocycles. The van der Waals surface area contributed by atoms with Gasteiger partial charge in [-0.2, -0.15) is 8.42 Å². The van der Waals surface area contributed by atoms with E-state index in [1.165, 1.54) is 18.2 Å². The van der Waals surface area contributed by atoms with Crippen molar-refractivity contribution in [2.24, 2.45) is 0 Å². The Morgan fingerprint density at radius 3 is 1.96 bits per heavy atom. The Balaban J connectivity index is 2.45. The SMILES string of the molecule is O=C1c2ccccc2C(=O)c2c1ccc(S(=O)(=O)O)c2C(=O)O. The van der Waals surface area contributed by atoms with Gasteiger partial charge >= 0.3 is 5.97 Å². The molecule has 0 amide bonds. The first kappa shape index (κ1) is 15.1. The van der Waals surface area contributed by atoms with E-state index in [1.807, 2.05) is 0 Å². The summed E-state index contributed by atoms with van der Waals surface area (Å²) in [6.45, 7) is 0. The quantitative estimate of drug-likeness (QED) is 0.679. The summed E-state index contributed by atoms with van der Waals surface area (Å²) in [6, 6.07) is 7.67. The minimum absolute atomic E-state index is 0.0139. The van der Waals surface area contributed by atoms with Crippen LogP contribution in [0.25, 0.3) is 0 Å². The molecule has 0 bridgehead atoms. The average molecular weight is 332 g/mol. The second-order valence-corrected chi connectivity index (χ2v) is 6.24. The lowest BCUT2D eigenvalue weighted by Crippen LogP contribution is -2.25. The number of fused-ring (bicyclic) bond motifs is 2. The monoisotopic (exact) mass is 332 g/mol. The number of carbonyl (C=O) groups is 3. The number of hydrogen-bond donors (Lipinski definition) is 2. The number of carboxylic acid groups (broad SMARTS) is 1. The summed E-state index contributed by atoms with van der Waals surface area (Å²) in [6.07, 6.45) is 0. The van der Waals surface area contributed by atoms with Crippen molar-refractivity contribution in [3.63, 3.8) is 0 Å². The maximum atomic E-state index is 12.6. The van der Waals surface area contributed by atoms with Crippen molar-refractivity contribution in [2.45, 2.75) is 4.90 Å². The van der Waals surface area contributed by atoms with Crippen LogP contribution in [-0.2, 0) is 10.1 Å². The Morgan fingerprint density at radius 2 is 1.43 bits per heavy atom. The zero-order chi connectivity index (χ0) is 16.9. The maximum absolute atomic E-state index is 12.6. The zero-order valence-electron chi connectivity index (χ0n) is 11.3. The van der Waals surface area contributed by atoms with E-state index >= 15 is 0 Å². The molecule has 116 valence electrons. The molecule has 0 fully saturated rings. The van der Waals surface area contributed by atoms with Crippen molar-refractivity contribution in [1.29, 1.82) is 0 Å². The highest BCUT2D eigenvalue weighted by molar-refractivity contribution is 7.86. The van der Waals surface area contributed by atoms with Crippen LogP contribution < -0.4 is 0 Å². The van der Waals surface area contributed by atoms with E-state index in [9.17, 15) is 32.5 Å². The minimum Gasteiger partial charge on any atom is -0.478 e. The fraction of sp³-hybridized carbons (Fsp3) is 0. The summed E-state index contributed by atoms with van der Waals surface area (Å²) in [7, 11) is -4.87. The molecule has 0 radical (unpaired) electrons. The van der Waals surface area contributed by atoms with Crippen LogP contribution in [0.5, 0.6) is 0 Å². The second-order valence-electron chi connectivity index (χ2n) is 4.85. The minimum atomic E-state index is -4.87. The Bertz CT molecular complexity index is 1000. The number of benzene rings is 2. The highest BCUT2D eigenvalue weighted by atomic mass is 32.2. The molecular weight excluding hydrogens is 324 g/mol. The number of ketones is 2. The van der Waals surface area contributed by atoms with Gasteiger partial charge in [-0.25, -0.2) is 4.79 Å². The third kappa shape index (κ3) is 2.16. The molecule has 0 atom stereocenters. The zero-order valence-corrected chi connectivity index (χ0v) is 12.1. The molecule has 0 aliphatic heterocycles. The number of carboxylic acids is 1. The topological polar surface area (TPSA) is 126 Å². The van der Waals surface area contributed by atoms with Crippen LogP contribution in [0.3, 0.4) is 0 Å². The van der Waals surface area contributed by atoms with Crippen LogP contribution in [-0.4, -0.2) is 35.6 Å². The molecule has 0 aromatic heterocycles. The van der Waals surface area contributed by atoms with Gasteiger partial charge in [0.1, 0.15) is 4.90 Å². The third-order valence-corrected chi connectivity index (χ3v) is 4.44. The fourth-order valence-corrected chi connectivity index (χ4v) is 3.28. The lowest BCUT2D eigenvalue weighted by Gasteiger charge is -2.19. The van der Waals surface area contributed by atoms with Crippen molar-refractivity contribution >= 4 is 27.7 Å². The van der Waals surface area contributed by atoms with Crippen molar-refractivity contribution in [1.82, 2.24) is 0 Å². The van der Waals surface area contributed by atoms with Crippen LogP contribution in [0, 0.1) is 0 Å². The summed E-state index contributed by atoms with van der Waals surface area (Å²) in [5.74, 6) is -3.09. The fourth-order valence-electron chi connectivity index (χ4n) is 2.59. The van der Waals surface area contributed by atoms with Gasteiger partial charge in [-0.05, 0) is 12.1 Å². The molecule has 1 aliphatic rings. The summed E-state index contributed by atoms with van der Waals surface area (Å²) in [5, 5.41) is 9.30. The molecule has 7 nitrogen and oxygen atoms in total. The van der Waals surface area contributed by atoms with Crippen LogP contribution in [0.15, 0.2) is 41.3 Å². The normalized spacial score (nSPS) is 13.4. The smallest absolute Gasteiger partial charge is 0.337 e. The Hall–Kier alpha value is -2.84. The molecule has 8 heteroatoms. The lowest BCUT2D eigenvalue weighted by atomic mass is 9.82. The van der Waals surface area contributed by atoms with Crippen LogP contribution in [0.4, 0.5) is 0 Å². The van der Waals surface area contributed by atoms with E-state index < -0.39 is 43.7 Å². The molecular formula is C15H8O7S. The second kappa shape index (κ2) is 4.83. The molecule has 0 unspecified atom stereocenters. The molecule has 0 heterocycles.